The standard InChI is InChI=1S/C11H18N2O4S/c1-8(7-16-3)17-11-6-9(4-5-10(11)12)18(14,15)13-2/h4-6,8,13H,7,12H2,1-3H3. The fraction of sp³-hybridized carbons (Fsp3) is 0.455. The highest BCUT2D eigenvalue weighted by Crippen LogP contribution is 2.26. The Hall–Kier alpha value is -1.31. The van der Waals surface area contributed by atoms with Crippen molar-refractivity contribution in [2.24, 2.45) is 0 Å². The molecule has 1 aromatic carbocycles. The summed E-state index contributed by atoms with van der Waals surface area (Å²) in [7, 11) is -0.595. The second kappa shape index (κ2) is 6.03. The summed E-state index contributed by atoms with van der Waals surface area (Å²) in [6, 6.07) is 4.32. The van der Waals surface area contributed by atoms with Crippen molar-refractivity contribution in [2.45, 2.75) is 17.9 Å². The van der Waals surface area contributed by atoms with E-state index >= 15 is 0 Å². The maximum atomic E-state index is 11.6. The number of benzene rings is 1. The molecule has 18 heavy (non-hydrogen) atoms. The molecule has 1 atom stereocenters. The third-order valence-corrected chi connectivity index (χ3v) is 3.71. The molecule has 0 fully saturated rings. The summed E-state index contributed by atoms with van der Waals surface area (Å²) < 4.78 is 36.0. The number of hydrogen-bond donors (Lipinski definition) is 2. The minimum absolute atomic E-state index is 0.110. The number of nitrogen functional groups attached to an aromatic ring is 1. The van der Waals surface area contributed by atoms with E-state index in [1.54, 1.807) is 7.11 Å². The largest absolute Gasteiger partial charge is 0.486 e. The van der Waals surface area contributed by atoms with Gasteiger partial charge in [-0.1, -0.05) is 0 Å². The Morgan fingerprint density at radius 3 is 2.67 bits per heavy atom. The number of hydrogen-bond acceptors (Lipinski definition) is 5. The van der Waals surface area contributed by atoms with Crippen LogP contribution < -0.4 is 15.2 Å². The Morgan fingerprint density at radius 2 is 2.11 bits per heavy atom. The number of anilines is 1. The summed E-state index contributed by atoms with van der Waals surface area (Å²) in [5.41, 5.74) is 6.12. The molecule has 0 heterocycles. The summed E-state index contributed by atoms with van der Waals surface area (Å²) in [5, 5.41) is 0. The molecule has 0 bridgehead atoms. The Bertz CT molecular complexity index is 502. The van der Waals surface area contributed by atoms with Gasteiger partial charge in [0.25, 0.3) is 0 Å². The van der Waals surface area contributed by atoms with Crippen molar-refractivity contribution in [1.82, 2.24) is 4.72 Å². The van der Waals surface area contributed by atoms with Crippen LogP contribution in [0.2, 0.25) is 0 Å². The fourth-order valence-corrected chi connectivity index (χ4v) is 2.13. The molecule has 6 nitrogen and oxygen atoms in total. The van der Waals surface area contributed by atoms with Gasteiger partial charge in [-0.25, -0.2) is 13.1 Å². The number of rotatable bonds is 6. The lowest BCUT2D eigenvalue weighted by Gasteiger charge is -2.16. The van der Waals surface area contributed by atoms with Crippen LogP contribution in [0.5, 0.6) is 5.75 Å². The smallest absolute Gasteiger partial charge is 0.240 e. The Morgan fingerprint density at radius 1 is 1.44 bits per heavy atom. The average molecular weight is 274 g/mol. The first-order valence-corrected chi connectivity index (χ1v) is 6.87. The summed E-state index contributed by atoms with van der Waals surface area (Å²) >= 11 is 0. The van der Waals surface area contributed by atoms with Gasteiger partial charge in [0.1, 0.15) is 11.9 Å². The van der Waals surface area contributed by atoms with E-state index in [4.69, 9.17) is 15.2 Å². The molecule has 0 aliphatic heterocycles. The summed E-state index contributed by atoms with van der Waals surface area (Å²) in [6.07, 6.45) is -0.218. The van der Waals surface area contributed by atoms with Crippen LogP contribution in [0.25, 0.3) is 0 Å². The molecule has 0 saturated heterocycles. The molecule has 102 valence electrons. The van der Waals surface area contributed by atoms with Gasteiger partial charge in [-0.3, -0.25) is 0 Å². The highest BCUT2D eigenvalue weighted by atomic mass is 32.2. The predicted molar refractivity (Wildman–Crippen MR) is 69.1 cm³/mol. The van der Waals surface area contributed by atoms with E-state index in [1.807, 2.05) is 6.92 Å². The van der Waals surface area contributed by atoms with Crippen molar-refractivity contribution in [3.05, 3.63) is 18.2 Å². The van der Waals surface area contributed by atoms with Crippen LogP contribution in [-0.4, -0.2) is 35.3 Å². The minimum Gasteiger partial charge on any atom is -0.486 e. The molecular formula is C11H18N2O4S. The summed E-state index contributed by atoms with van der Waals surface area (Å²) in [5.74, 6) is 0.330. The van der Waals surface area contributed by atoms with Crippen LogP contribution >= 0.6 is 0 Å². The van der Waals surface area contributed by atoms with Crippen LogP contribution in [0, 0.1) is 0 Å². The molecule has 3 N–H and O–H groups in total. The summed E-state index contributed by atoms with van der Waals surface area (Å²) in [6.45, 7) is 2.20. The van der Waals surface area contributed by atoms with Crippen LogP contribution in [0.15, 0.2) is 23.1 Å². The van der Waals surface area contributed by atoms with Crippen molar-refractivity contribution in [3.8, 4) is 5.75 Å². The second-order valence-electron chi connectivity index (χ2n) is 3.79. The molecule has 0 amide bonds. The molecule has 7 heteroatoms. The lowest BCUT2D eigenvalue weighted by molar-refractivity contribution is 0.0924. The van der Waals surface area contributed by atoms with Gasteiger partial charge >= 0.3 is 0 Å². The first-order valence-electron chi connectivity index (χ1n) is 5.39. The Balaban J connectivity index is 3.02. The molecule has 0 aromatic heterocycles. The Kier molecular flexibility index (Phi) is 4.94. The lowest BCUT2D eigenvalue weighted by atomic mass is 10.3. The maximum Gasteiger partial charge on any atom is 0.240 e. The van der Waals surface area contributed by atoms with E-state index in [2.05, 4.69) is 4.72 Å². The first kappa shape index (κ1) is 14.7. The normalized spacial score (nSPS) is 13.3. The zero-order valence-electron chi connectivity index (χ0n) is 10.6. The van der Waals surface area contributed by atoms with E-state index in [0.29, 0.717) is 18.0 Å². The minimum atomic E-state index is -3.50. The van der Waals surface area contributed by atoms with E-state index < -0.39 is 10.0 Å². The van der Waals surface area contributed by atoms with Gasteiger partial charge < -0.3 is 15.2 Å². The molecule has 0 radical (unpaired) electrons. The number of ether oxygens (including phenoxy) is 2. The first-order chi connectivity index (χ1) is 8.40. The van der Waals surface area contributed by atoms with Crippen LogP contribution in [-0.2, 0) is 14.8 Å². The van der Waals surface area contributed by atoms with Crippen LogP contribution in [0.1, 0.15) is 6.92 Å². The van der Waals surface area contributed by atoms with Crippen molar-refractivity contribution >= 4 is 15.7 Å². The molecule has 1 rings (SSSR count). The monoisotopic (exact) mass is 274 g/mol. The van der Waals surface area contributed by atoms with Crippen molar-refractivity contribution < 1.29 is 17.9 Å². The lowest BCUT2D eigenvalue weighted by Crippen LogP contribution is -2.20. The third-order valence-electron chi connectivity index (χ3n) is 2.29. The topological polar surface area (TPSA) is 90.7 Å². The van der Waals surface area contributed by atoms with Gasteiger partial charge in [-0.05, 0) is 26.1 Å². The molecule has 0 saturated carbocycles. The van der Waals surface area contributed by atoms with E-state index in [1.165, 1.54) is 25.2 Å². The zero-order valence-corrected chi connectivity index (χ0v) is 11.5. The fourth-order valence-electron chi connectivity index (χ4n) is 1.39. The van der Waals surface area contributed by atoms with Gasteiger partial charge in [0.05, 0.1) is 17.2 Å². The van der Waals surface area contributed by atoms with Gasteiger partial charge in [0, 0.05) is 13.2 Å². The number of methoxy groups -OCH3 is 1. The van der Waals surface area contributed by atoms with Crippen LogP contribution in [0.3, 0.4) is 0 Å². The SMILES string of the molecule is CNS(=O)(=O)c1ccc(N)c(OC(C)COC)c1. The predicted octanol–water partition coefficient (Wildman–Crippen LogP) is 0.591. The maximum absolute atomic E-state index is 11.6. The molecule has 0 aliphatic carbocycles. The van der Waals surface area contributed by atoms with Gasteiger partial charge in [0.2, 0.25) is 10.0 Å². The van der Waals surface area contributed by atoms with E-state index in [9.17, 15) is 8.42 Å². The van der Waals surface area contributed by atoms with Crippen molar-refractivity contribution in [2.75, 3.05) is 26.5 Å². The highest BCUT2D eigenvalue weighted by molar-refractivity contribution is 7.89. The average Bonchev–Trinajstić information content (AvgIpc) is 2.32. The van der Waals surface area contributed by atoms with Gasteiger partial charge in [-0.2, -0.15) is 0 Å². The second-order valence-corrected chi connectivity index (χ2v) is 5.68. The molecular weight excluding hydrogens is 256 g/mol. The highest BCUT2D eigenvalue weighted by Gasteiger charge is 2.15. The van der Waals surface area contributed by atoms with Crippen molar-refractivity contribution in [3.63, 3.8) is 0 Å². The summed E-state index contributed by atoms with van der Waals surface area (Å²) in [4.78, 5) is 0.110. The quantitative estimate of drug-likeness (QED) is 0.741. The third kappa shape index (κ3) is 3.59. The van der Waals surface area contributed by atoms with E-state index in [-0.39, 0.29) is 11.0 Å². The van der Waals surface area contributed by atoms with Crippen LogP contribution in [0.4, 0.5) is 5.69 Å². The van der Waals surface area contributed by atoms with Gasteiger partial charge in [0.15, 0.2) is 0 Å². The number of nitrogens with one attached hydrogen (secondary N) is 1. The van der Waals surface area contributed by atoms with Crippen molar-refractivity contribution in [1.29, 1.82) is 0 Å². The molecule has 0 aliphatic rings. The van der Waals surface area contributed by atoms with E-state index in [0.717, 1.165) is 0 Å². The number of nitrogens with two attached hydrogens (primary N) is 1. The zero-order chi connectivity index (χ0) is 13.8. The Labute approximate surface area is 107 Å². The van der Waals surface area contributed by atoms with Gasteiger partial charge in [-0.15, -0.1) is 0 Å². The molecule has 1 aromatic rings. The molecule has 1 unspecified atom stereocenters. The molecule has 0 spiro atoms. The number of sulfonamides is 1.